The Morgan fingerprint density at radius 1 is 1.67 bits per heavy atom. The van der Waals surface area contributed by atoms with Crippen LogP contribution in [0.25, 0.3) is 0 Å². The van der Waals surface area contributed by atoms with Crippen molar-refractivity contribution in [3.63, 3.8) is 0 Å². The number of carbonyl (C=O) groups is 1. The van der Waals surface area contributed by atoms with Gasteiger partial charge in [-0.05, 0) is 0 Å². The standard InChI is InChI=1S/C6H7NO4S/c1-2-4-5(6(8)9)7-3-12(4,10)11/h1,4-5,7H,3H2,(H,8,9). The normalized spacial score (nSPS) is 32.6. The minimum absolute atomic E-state index is 0.362. The smallest absolute Gasteiger partial charge is 0.323 e. The van der Waals surface area contributed by atoms with Gasteiger partial charge in [-0.2, -0.15) is 0 Å². The fraction of sp³-hybridized carbons (Fsp3) is 0.500. The Morgan fingerprint density at radius 3 is 2.58 bits per heavy atom. The van der Waals surface area contributed by atoms with Gasteiger partial charge in [0.05, 0.1) is 0 Å². The van der Waals surface area contributed by atoms with Crippen LogP contribution in [0.15, 0.2) is 0 Å². The number of aliphatic carboxylic acids is 1. The zero-order chi connectivity index (χ0) is 9.35. The molecule has 0 aromatic rings. The highest BCUT2D eigenvalue weighted by Crippen LogP contribution is 2.13. The van der Waals surface area contributed by atoms with E-state index in [-0.39, 0.29) is 5.88 Å². The number of nitrogens with one attached hydrogen (secondary N) is 1. The van der Waals surface area contributed by atoms with Crippen molar-refractivity contribution in [1.82, 2.24) is 5.32 Å². The Kier molecular flexibility index (Phi) is 2.08. The van der Waals surface area contributed by atoms with Crippen LogP contribution in [-0.2, 0) is 14.6 Å². The summed E-state index contributed by atoms with van der Waals surface area (Å²) in [7, 11) is -3.46. The highest BCUT2D eigenvalue weighted by molar-refractivity contribution is 7.92. The van der Waals surface area contributed by atoms with E-state index < -0.39 is 27.1 Å². The molecule has 1 heterocycles. The summed E-state index contributed by atoms with van der Waals surface area (Å²) >= 11 is 0. The van der Waals surface area contributed by atoms with Gasteiger partial charge in [-0.15, -0.1) is 6.42 Å². The highest BCUT2D eigenvalue weighted by atomic mass is 32.2. The molecule has 66 valence electrons. The highest BCUT2D eigenvalue weighted by Gasteiger charge is 2.42. The van der Waals surface area contributed by atoms with Crippen LogP contribution in [0.2, 0.25) is 0 Å². The molecule has 2 unspecified atom stereocenters. The summed E-state index contributed by atoms with van der Waals surface area (Å²) in [6, 6.07) is -1.17. The van der Waals surface area contributed by atoms with Crippen molar-refractivity contribution in [1.29, 1.82) is 0 Å². The van der Waals surface area contributed by atoms with E-state index in [2.05, 4.69) is 5.32 Å². The van der Waals surface area contributed by atoms with E-state index >= 15 is 0 Å². The molecule has 1 aliphatic rings. The lowest BCUT2D eigenvalue weighted by Gasteiger charge is -2.06. The average molecular weight is 189 g/mol. The Bertz CT molecular complexity index is 339. The first-order valence-corrected chi connectivity index (χ1v) is 4.84. The lowest BCUT2D eigenvalue weighted by Crippen LogP contribution is -2.38. The van der Waals surface area contributed by atoms with Gasteiger partial charge in [0.25, 0.3) is 0 Å². The minimum Gasteiger partial charge on any atom is -0.480 e. The molecular formula is C6H7NO4S. The van der Waals surface area contributed by atoms with E-state index in [0.717, 1.165) is 0 Å². The average Bonchev–Trinajstić information content (AvgIpc) is 2.24. The molecule has 2 atom stereocenters. The molecule has 0 aromatic heterocycles. The molecule has 2 N–H and O–H groups in total. The van der Waals surface area contributed by atoms with Gasteiger partial charge in [0.1, 0.15) is 17.2 Å². The Hall–Kier alpha value is -1.06. The van der Waals surface area contributed by atoms with Crippen LogP contribution in [-0.4, -0.2) is 36.7 Å². The van der Waals surface area contributed by atoms with Crippen molar-refractivity contribution >= 4 is 15.8 Å². The molecule has 0 spiro atoms. The van der Waals surface area contributed by atoms with Gasteiger partial charge < -0.3 is 5.11 Å². The third-order valence-electron chi connectivity index (χ3n) is 1.62. The molecular weight excluding hydrogens is 182 g/mol. The molecule has 0 aromatic carbocycles. The molecule has 1 rings (SSSR count). The Morgan fingerprint density at radius 2 is 2.25 bits per heavy atom. The number of rotatable bonds is 1. The molecule has 0 amide bonds. The van der Waals surface area contributed by atoms with E-state index in [1.54, 1.807) is 0 Å². The van der Waals surface area contributed by atoms with E-state index in [1.807, 2.05) is 5.92 Å². The van der Waals surface area contributed by atoms with Crippen LogP contribution in [0.3, 0.4) is 0 Å². The van der Waals surface area contributed by atoms with Gasteiger partial charge >= 0.3 is 5.97 Å². The molecule has 1 aliphatic heterocycles. The second kappa shape index (κ2) is 2.77. The number of terminal acetylenes is 1. The molecule has 0 aliphatic carbocycles. The van der Waals surface area contributed by atoms with Gasteiger partial charge in [0, 0.05) is 0 Å². The second-order valence-corrected chi connectivity index (χ2v) is 4.54. The third kappa shape index (κ3) is 1.29. The topological polar surface area (TPSA) is 83.5 Å². The number of carboxylic acid groups (broad SMARTS) is 1. The van der Waals surface area contributed by atoms with Gasteiger partial charge in [0.15, 0.2) is 9.84 Å². The lowest BCUT2D eigenvalue weighted by molar-refractivity contribution is -0.138. The first-order valence-electron chi connectivity index (χ1n) is 3.13. The van der Waals surface area contributed by atoms with Crippen molar-refractivity contribution in [3.8, 4) is 12.3 Å². The predicted octanol–water partition coefficient (Wildman–Crippen LogP) is -1.58. The van der Waals surface area contributed by atoms with Crippen molar-refractivity contribution in [2.45, 2.75) is 11.3 Å². The maximum Gasteiger partial charge on any atom is 0.323 e. The number of hydrogen-bond donors (Lipinski definition) is 2. The van der Waals surface area contributed by atoms with Crippen LogP contribution < -0.4 is 5.32 Å². The first kappa shape index (κ1) is 9.03. The lowest BCUT2D eigenvalue weighted by atomic mass is 10.2. The van der Waals surface area contributed by atoms with E-state index in [0.29, 0.717) is 0 Å². The van der Waals surface area contributed by atoms with Crippen LogP contribution in [0.5, 0.6) is 0 Å². The summed E-state index contributed by atoms with van der Waals surface area (Å²) in [5.74, 6) is 0.355. The molecule has 1 fully saturated rings. The monoisotopic (exact) mass is 189 g/mol. The van der Waals surface area contributed by atoms with Crippen molar-refractivity contribution in [2.24, 2.45) is 0 Å². The second-order valence-electron chi connectivity index (χ2n) is 2.41. The summed E-state index contributed by atoms with van der Waals surface area (Å²) in [6.45, 7) is 0. The predicted molar refractivity (Wildman–Crippen MR) is 41.0 cm³/mol. The zero-order valence-corrected chi connectivity index (χ0v) is 6.84. The SMILES string of the molecule is C#CC1C(C(=O)O)NCS1(=O)=O. The van der Waals surface area contributed by atoms with Gasteiger partial charge in [-0.3, -0.25) is 10.1 Å². The van der Waals surface area contributed by atoms with Gasteiger partial charge in [-0.1, -0.05) is 5.92 Å². The zero-order valence-electron chi connectivity index (χ0n) is 6.02. The fourth-order valence-electron chi connectivity index (χ4n) is 1.03. The van der Waals surface area contributed by atoms with Crippen LogP contribution in [0, 0.1) is 12.3 Å². The summed E-state index contributed by atoms with van der Waals surface area (Å²) < 4.78 is 22.1. The largest absolute Gasteiger partial charge is 0.480 e. The number of carboxylic acids is 1. The summed E-state index contributed by atoms with van der Waals surface area (Å²) in [5.41, 5.74) is 0. The van der Waals surface area contributed by atoms with E-state index in [9.17, 15) is 13.2 Å². The quantitative estimate of drug-likeness (QED) is 0.486. The maximum absolute atomic E-state index is 11.0. The first-order chi connectivity index (χ1) is 5.49. The summed E-state index contributed by atoms with van der Waals surface area (Å²) in [5, 5.41) is 9.60. The molecule has 1 saturated heterocycles. The summed E-state index contributed by atoms with van der Waals surface area (Å²) in [4.78, 5) is 10.4. The summed E-state index contributed by atoms with van der Waals surface area (Å²) in [6.07, 6.45) is 4.91. The van der Waals surface area contributed by atoms with Crippen molar-refractivity contribution in [3.05, 3.63) is 0 Å². The molecule has 12 heavy (non-hydrogen) atoms. The molecule has 0 radical (unpaired) electrons. The molecule has 6 heteroatoms. The van der Waals surface area contributed by atoms with Crippen molar-refractivity contribution < 1.29 is 18.3 Å². The molecule has 0 saturated carbocycles. The van der Waals surface area contributed by atoms with E-state index in [4.69, 9.17) is 11.5 Å². The number of hydrogen-bond acceptors (Lipinski definition) is 4. The van der Waals surface area contributed by atoms with Crippen LogP contribution in [0.1, 0.15) is 0 Å². The molecule has 0 bridgehead atoms. The van der Waals surface area contributed by atoms with E-state index in [1.165, 1.54) is 0 Å². The number of sulfone groups is 1. The Labute approximate surface area is 69.7 Å². The van der Waals surface area contributed by atoms with Crippen LogP contribution in [0.4, 0.5) is 0 Å². The molecule has 5 nitrogen and oxygen atoms in total. The Balaban J connectivity index is 3.01. The van der Waals surface area contributed by atoms with Gasteiger partial charge in [-0.25, -0.2) is 8.42 Å². The van der Waals surface area contributed by atoms with Crippen molar-refractivity contribution in [2.75, 3.05) is 5.88 Å². The third-order valence-corrected chi connectivity index (χ3v) is 3.38. The maximum atomic E-state index is 11.0. The fourth-order valence-corrected chi connectivity index (χ4v) is 2.45. The van der Waals surface area contributed by atoms with Gasteiger partial charge in [0.2, 0.25) is 0 Å². The van der Waals surface area contributed by atoms with Crippen LogP contribution >= 0.6 is 0 Å². The minimum atomic E-state index is -3.46.